The minimum Gasteiger partial charge on any atom is -0.377 e. The molecule has 0 bridgehead atoms. The van der Waals surface area contributed by atoms with Gasteiger partial charge in [0.15, 0.2) is 0 Å². The molecule has 0 aromatic rings. The first-order valence-corrected chi connectivity index (χ1v) is 3.87. The van der Waals surface area contributed by atoms with Crippen molar-refractivity contribution in [3.05, 3.63) is 11.8 Å². The van der Waals surface area contributed by atoms with E-state index < -0.39 is 0 Å². The second-order valence-corrected chi connectivity index (χ2v) is 2.95. The van der Waals surface area contributed by atoms with Crippen LogP contribution in [0.15, 0.2) is 11.8 Å². The predicted molar refractivity (Wildman–Crippen MR) is 41.6 cm³/mol. The van der Waals surface area contributed by atoms with E-state index in [9.17, 15) is 4.79 Å². The van der Waals surface area contributed by atoms with Crippen molar-refractivity contribution in [2.45, 2.75) is 6.04 Å². The Balaban J connectivity index is 2.17. The predicted octanol–water partition coefficient (Wildman–Crippen LogP) is -1.52. The lowest BCUT2D eigenvalue weighted by molar-refractivity contribution is -0.121. The van der Waals surface area contributed by atoms with E-state index in [1.807, 2.05) is 6.08 Å². The Morgan fingerprint density at radius 2 is 2.58 bits per heavy atom. The van der Waals surface area contributed by atoms with Crippen LogP contribution in [-0.4, -0.2) is 25.2 Å². The number of carbonyl (C=O) groups excluding carboxylic acids is 1. The molecule has 0 spiro atoms. The third-order valence-electron chi connectivity index (χ3n) is 2.20. The zero-order valence-electron chi connectivity index (χ0n) is 6.54. The average Bonchev–Trinajstić information content (AvgIpc) is 2.47. The maximum atomic E-state index is 10.9. The molecule has 1 fully saturated rings. The van der Waals surface area contributed by atoms with Crippen LogP contribution in [0.3, 0.4) is 0 Å². The van der Waals surface area contributed by atoms with Crippen LogP contribution < -0.4 is 16.6 Å². The second-order valence-electron chi connectivity index (χ2n) is 2.95. The van der Waals surface area contributed by atoms with E-state index in [-0.39, 0.29) is 17.9 Å². The molecule has 1 amide bonds. The summed E-state index contributed by atoms with van der Waals surface area (Å²) in [6.45, 7) is 1.16. The van der Waals surface area contributed by atoms with Gasteiger partial charge in [-0.1, -0.05) is 0 Å². The van der Waals surface area contributed by atoms with Crippen molar-refractivity contribution in [2.75, 3.05) is 13.2 Å². The largest absolute Gasteiger partial charge is 0.377 e. The molecular weight excluding hydrogens is 158 g/mol. The number of hydrogen-bond acceptors (Lipinski definition) is 4. The summed E-state index contributed by atoms with van der Waals surface area (Å²) in [5.41, 5.74) is 11.9. The summed E-state index contributed by atoms with van der Waals surface area (Å²) in [7, 11) is 0. The molecule has 0 aromatic heterocycles. The number of nitrogens with two attached hydrogens (primary N) is 1. The maximum absolute atomic E-state index is 10.9. The minimum atomic E-state index is -0.346. The summed E-state index contributed by atoms with van der Waals surface area (Å²) in [4.78, 5) is 10.9. The van der Waals surface area contributed by atoms with Gasteiger partial charge in [0.25, 0.3) is 0 Å². The van der Waals surface area contributed by atoms with E-state index in [1.54, 1.807) is 0 Å². The highest BCUT2D eigenvalue weighted by Crippen LogP contribution is 2.21. The lowest BCUT2D eigenvalue weighted by Gasteiger charge is -2.18. The normalized spacial score (nSPS) is 33.5. The van der Waals surface area contributed by atoms with Crippen molar-refractivity contribution in [3.8, 4) is 0 Å². The molecule has 2 atom stereocenters. The SMILES string of the molecule is NC(=O)C1NNC2=CCOCC21. The van der Waals surface area contributed by atoms with Crippen molar-refractivity contribution in [1.82, 2.24) is 10.9 Å². The zero-order chi connectivity index (χ0) is 8.55. The van der Waals surface area contributed by atoms with E-state index in [2.05, 4.69) is 10.9 Å². The molecule has 66 valence electrons. The number of amides is 1. The number of carbonyl (C=O) groups is 1. The Morgan fingerprint density at radius 3 is 3.33 bits per heavy atom. The summed E-state index contributed by atoms with van der Waals surface area (Å²) in [5, 5.41) is 0. The molecule has 0 aliphatic carbocycles. The molecule has 0 saturated carbocycles. The quantitative estimate of drug-likeness (QED) is 0.445. The van der Waals surface area contributed by atoms with Gasteiger partial charge in [0.2, 0.25) is 5.91 Å². The van der Waals surface area contributed by atoms with Gasteiger partial charge in [-0.25, -0.2) is 5.43 Å². The lowest BCUT2D eigenvalue weighted by atomic mass is 9.98. The number of primary amides is 1. The average molecular weight is 169 g/mol. The summed E-state index contributed by atoms with van der Waals surface area (Å²) < 4.78 is 5.20. The number of hydrazine groups is 1. The van der Waals surface area contributed by atoms with Crippen LogP contribution in [0.2, 0.25) is 0 Å². The number of ether oxygens (including phenoxy) is 1. The number of fused-ring (bicyclic) bond motifs is 1. The van der Waals surface area contributed by atoms with Crippen LogP contribution in [0, 0.1) is 5.92 Å². The molecule has 2 heterocycles. The molecule has 0 aromatic carbocycles. The molecule has 5 heteroatoms. The highest BCUT2D eigenvalue weighted by atomic mass is 16.5. The topological polar surface area (TPSA) is 76.4 Å². The van der Waals surface area contributed by atoms with Gasteiger partial charge in [0, 0.05) is 11.6 Å². The second kappa shape index (κ2) is 2.76. The van der Waals surface area contributed by atoms with E-state index in [1.165, 1.54) is 0 Å². The summed E-state index contributed by atoms with van der Waals surface area (Å²) >= 11 is 0. The van der Waals surface area contributed by atoms with Gasteiger partial charge in [0.1, 0.15) is 6.04 Å². The summed E-state index contributed by atoms with van der Waals surface area (Å²) in [6.07, 6.45) is 1.92. The van der Waals surface area contributed by atoms with Crippen molar-refractivity contribution < 1.29 is 9.53 Å². The summed E-state index contributed by atoms with van der Waals surface area (Å²) in [6, 6.07) is -0.337. The molecule has 12 heavy (non-hydrogen) atoms. The fourth-order valence-corrected chi connectivity index (χ4v) is 1.54. The minimum absolute atomic E-state index is 0.0660. The van der Waals surface area contributed by atoms with Crippen LogP contribution in [0.25, 0.3) is 0 Å². The van der Waals surface area contributed by atoms with Crippen molar-refractivity contribution in [3.63, 3.8) is 0 Å². The Kier molecular flexibility index (Phi) is 1.74. The highest BCUT2D eigenvalue weighted by molar-refractivity contribution is 5.81. The standard InChI is InChI=1S/C7H11N3O2/c8-7(11)6-4-3-12-2-1-5(4)9-10-6/h1,4,6,9-10H,2-3H2,(H2,8,11). The van der Waals surface area contributed by atoms with Crippen LogP contribution in [0.5, 0.6) is 0 Å². The van der Waals surface area contributed by atoms with E-state index >= 15 is 0 Å². The lowest BCUT2D eigenvalue weighted by Crippen LogP contribution is -2.43. The molecular formula is C7H11N3O2. The molecule has 2 unspecified atom stereocenters. The van der Waals surface area contributed by atoms with Crippen LogP contribution >= 0.6 is 0 Å². The van der Waals surface area contributed by atoms with Crippen LogP contribution in [0.4, 0.5) is 0 Å². The molecule has 0 radical (unpaired) electrons. The monoisotopic (exact) mass is 169 g/mol. The van der Waals surface area contributed by atoms with Crippen LogP contribution in [0.1, 0.15) is 0 Å². The fraction of sp³-hybridized carbons (Fsp3) is 0.571. The molecule has 4 N–H and O–H groups in total. The first-order chi connectivity index (χ1) is 5.79. The van der Waals surface area contributed by atoms with E-state index in [0.29, 0.717) is 13.2 Å². The van der Waals surface area contributed by atoms with Gasteiger partial charge < -0.3 is 15.9 Å². The van der Waals surface area contributed by atoms with Crippen molar-refractivity contribution >= 4 is 5.91 Å². The van der Waals surface area contributed by atoms with Gasteiger partial charge in [-0.15, -0.1) is 0 Å². The van der Waals surface area contributed by atoms with Gasteiger partial charge in [-0.05, 0) is 6.08 Å². The van der Waals surface area contributed by atoms with Crippen molar-refractivity contribution in [2.24, 2.45) is 11.7 Å². The molecule has 1 saturated heterocycles. The number of hydrogen-bond donors (Lipinski definition) is 3. The van der Waals surface area contributed by atoms with Gasteiger partial charge in [0.05, 0.1) is 13.2 Å². The van der Waals surface area contributed by atoms with Gasteiger partial charge >= 0.3 is 0 Å². The fourth-order valence-electron chi connectivity index (χ4n) is 1.54. The molecule has 2 aliphatic rings. The number of nitrogens with one attached hydrogen (secondary N) is 2. The molecule has 5 nitrogen and oxygen atoms in total. The first kappa shape index (κ1) is 7.57. The smallest absolute Gasteiger partial charge is 0.237 e. The molecule has 2 aliphatic heterocycles. The van der Waals surface area contributed by atoms with Crippen LogP contribution in [-0.2, 0) is 9.53 Å². The Morgan fingerprint density at radius 1 is 1.75 bits per heavy atom. The Hall–Kier alpha value is -1.07. The zero-order valence-corrected chi connectivity index (χ0v) is 6.54. The first-order valence-electron chi connectivity index (χ1n) is 3.87. The number of rotatable bonds is 1. The van der Waals surface area contributed by atoms with Gasteiger partial charge in [-0.3, -0.25) is 4.79 Å². The van der Waals surface area contributed by atoms with E-state index in [0.717, 1.165) is 5.70 Å². The maximum Gasteiger partial charge on any atom is 0.237 e. The third kappa shape index (κ3) is 1.07. The summed E-state index contributed by atoms with van der Waals surface area (Å²) in [5.74, 6) is -0.280. The van der Waals surface area contributed by atoms with Gasteiger partial charge in [-0.2, -0.15) is 0 Å². The highest BCUT2D eigenvalue weighted by Gasteiger charge is 2.36. The Bertz CT molecular complexity index is 239. The third-order valence-corrected chi connectivity index (χ3v) is 2.20. The molecule has 2 rings (SSSR count). The van der Waals surface area contributed by atoms with E-state index in [4.69, 9.17) is 10.5 Å². The van der Waals surface area contributed by atoms with Crippen molar-refractivity contribution in [1.29, 1.82) is 0 Å². The Labute approximate surface area is 69.9 Å².